The number of ether oxygens (including phenoxy) is 3. The quantitative estimate of drug-likeness (QED) is 0.558. The molecule has 0 aliphatic carbocycles. The molecule has 6 heteroatoms. The molecule has 1 amide bonds. The van der Waals surface area contributed by atoms with E-state index < -0.39 is 5.79 Å². The number of fused-ring (bicyclic) bond motifs is 2. The van der Waals surface area contributed by atoms with Crippen LogP contribution in [0.1, 0.15) is 36.0 Å². The van der Waals surface area contributed by atoms with Gasteiger partial charge in [0.15, 0.2) is 0 Å². The molecule has 6 nitrogen and oxygen atoms in total. The average molecular weight is 471 g/mol. The molecular formula is C29H30N2O4. The number of hydrogen-bond acceptors (Lipinski definition) is 5. The SMILES string of the molecule is O=C(CCc1ccc2c(c1)CCO2)Nc1cccc(-c2ccc3c(c2)COC2(CCNCC2)O3)c1. The standard InChI is InChI=1S/C29H30N2O4/c32-28(9-5-20-4-7-26-23(16-20)10-15-33-26)31-25-3-1-2-21(18-25)22-6-8-27-24(17-22)19-34-29(35-27)11-13-30-14-12-29/h1-4,6-8,16-18,30H,5,9-15,19H2,(H,31,32). The molecule has 3 aliphatic rings. The number of nitrogens with one attached hydrogen (secondary N) is 2. The molecule has 3 aromatic carbocycles. The third kappa shape index (κ3) is 4.77. The van der Waals surface area contributed by atoms with Crippen LogP contribution in [0.4, 0.5) is 5.69 Å². The van der Waals surface area contributed by atoms with Crippen molar-refractivity contribution in [3.8, 4) is 22.6 Å². The van der Waals surface area contributed by atoms with Crippen molar-refractivity contribution in [3.63, 3.8) is 0 Å². The van der Waals surface area contributed by atoms with Crippen molar-refractivity contribution in [2.24, 2.45) is 0 Å². The van der Waals surface area contributed by atoms with E-state index in [1.165, 1.54) is 11.1 Å². The van der Waals surface area contributed by atoms with Crippen LogP contribution in [-0.4, -0.2) is 31.4 Å². The summed E-state index contributed by atoms with van der Waals surface area (Å²) in [6.07, 6.45) is 3.81. The number of amides is 1. The van der Waals surface area contributed by atoms with E-state index in [1.807, 2.05) is 30.3 Å². The molecule has 2 N–H and O–H groups in total. The third-order valence-electron chi connectivity index (χ3n) is 7.09. The number of carbonyl (C=O) groups is 1. The van der Waals surface area contributed by atoms with Gasteiger partial charge in [0, 0.05) is 50.0 Å². The lowest BCUT2D eigenvalue weighted by Gasteiger charge is -2.41. The van der Waals surface area contributed by atoms with Crippen molar-refractivity contribution in [2.45, 2.75) is 44.5 Å². The van der Waals surface area contributed by atoms with Crippen molar-refractivity contribution >= 4 is 11.6 Å². The Kier molecular flexibility index (Phi) is 5.92. The summed E-state index contributed by atoms with van der Waals surface area (Å²) in [5, 5.41) is 6.42. The van der Waals surface area contributed by atoms with E-state index in [0.717, 1.165) is 72.8 Å². The van der Waals surface area contributed by atoms with Gasteiger partial charge in [-0.1, -0.05) is 30.3 Å². The number of carbonyl (C=O) groups excluding carboxylic acids is 1. The van der Waals surface area contributed by atoms with Crippen molar-refractivity contribution in [2.75, 3.05) is 25.0 Å². The average Bonchev–Trinajstić information content (AvgIpc) is 3.36. The van der Waals surface area contributed by atoms with Crippen LogP contribution in [0.2, 0.25) is 0 Å². The van der Waals surface area contributed by atoms with E-state index in [0.29, 0.717) is 19.4 Å². The first-order valence-electron chi connectivity index (χ1n) is 12.5. The Balaban J connectivity index is 1.10. The molecular weight excluding hydrogens is 440 g/mol. The fraction of sp³-hybridized carbons (Fsp3) is 0.345. The predicted molar refractivity (Wildman–Crippen MR) is 135 cm³/mol. The Morgan fingerprint density at radius 2 is 1.80 bits per heavy atom. The summed E-state index contributed by atoms with van der Waals surface area (Å²) in [6, 6.07) is 20.5. The second-order valence-electron chi connectivity index (χ2n) is 9.54. The summed E-state index contributed by atoms with van der Waals surface area (Å²) in [4.78, 5) is 12.6. The largest absolute Gasteiger partial charge is 0.493 e. The molecule has 1 fully saturated rings. The van der Waals surface area contributed by atoms with Crippen molar-refractivity contribution < 1.29 is 19.0 Å². The zero-order valence-electron chi connectivity index (χ0n) is 19.8. The smallest absolute Gasteiger partial charge is 0.224 e. The second-order valence-corrected chi connectivity index (χ2v) is 9.54. The van der Waals surface area contributed by atoms with Crippen LogP contribution < -0.4 is 20.1 Å². The van der Waals surface area contributed by atoms with Gasteiger partial charge >= 0.3 is 0 Å². The third-order valence-corrected chi connectivity index (χ3v) is 7.09. The van der Waals surface area contributed by atoms with Crippen molar-refractivity contribution in [3.05, 3.63) is 77.4 Å². The maximum Gasteiger partial charge on any atom is 0.224 e. The Morgan fingerprint density at radius 1 is 0.943 bits per heavy atom. The summed E-state index contributed by atoms with van der Waals surface area (Å²) in [5.41, 5.74) is 6.39. The molecule has 3 aromatic rings. The van der Waals surface area contributed by atoms with Gasteiger partial charge in [-0.25, -0.2) is 0 Å². The van der Waals surface area contributed by atoms with Crippen LogP contribution >= 0.6 is 0 Å². The predicted octanol–water partition coefficient (Wildman–Crippen LogP) is 4.85. The lowest BCUT2D eigenvalue weighted by molar-refractivity contribution is -0.218. The summed E-state index contributed by atoms with van der Waals surface area (Å²) >= 11 is 0. The lowest BCUT2D eigenvalue weighted by Crippen LogP contribution is -2.49. The van der Waals surface area contributed by atoms with Gasteiger partial charge in [-0.3, -0.25) is 4.79 Å². The number of benzene rings is 3. The fourth-order valence-electron chi connectivity index (χ4n) is 5.12. The molecule has 0 saturated carbocycles. The van der Waals surface area contributed by atoms with Crippen LogP contribution in [0.25, 0.3) is 11.1 Å². The highest BCUT2D eigenvalue weighted by atomic mass is 16.7. The number of anilines is 1. The molecule has 0 bridgehead atoms. The molecule has 3 heterocycles. The molecule has 6 rings (SSSR count). The first-order valence-corrected chi connectivity index (χ1v) is 12.5. The Morgan fingerprint density at radius 3 is 2.71 bits per heavy atom. The maximum absolute atomic E-state index is 12.6. The number of aryl methyl sites for hydroxylation is 1. The van der Waals surface area contributed by atoms with Gasteiger partial charge in [0.1, 0.15) is 11.5 Å². The summed E-state index contributed by atoms with van der Waals surface area (Å²) in [5.74, 6) is 1.40. The zero-order valence-corrected chi connectivity index (χ0v) is 19.8. The summed E-state index contributed by atoms with van der Waals surface area (Å²) in [6.45, 7) is 3.12. The first-order chi connectivity index (χ1) is 17.2. The zero-order chi connectivity index (χ0) is 23.7. The van der Waals surface area contributed by atoms with Gasteiger partial charge in [0.2, 0.25) is 11.7 Å². The van der Waals surface area contributed by atoms with Crippen LogP contribution in [0, 0.1) is 0 Å². The topological polar surface area (TPSA) is 68.8 Å². The van der Waals surface area contributed by atoms with E-state index in [9.17, 15) is 4.79 Å². The number of piperidine rings is 1. The maximum atomic E-state index is 12.6. The molecule has 0 atom stereocenters. The Labute approximate surface area is 205 Å². The van der Waals surface area contributed by atoms with Crippen molar-refractivity contribution in [1.82, 2.24) is 5.32 Å². The molecule has 1 spiro atoms. The molecule has 3 aliphatic heterocycles. The molecule has 0 unspecified atom stereocenters. The van der Waals surface area contributed by atoms with Gasteiger partial charge in [0.25, 0.3) is 0 Å². The minimum atomic E-state index is -0.489. The van der Waals surface area contributed by atoms with Gasteiger partial charge in [0.05, 0.1) is 13.2 Å². The highest BCUT2D eigenvalue weighted by Gasteiger charge is 2.38. The molecule has 180 valence electrons. The van der Waals surface area contributed by atoms with E-state index >= 15 is 0 Å². The van der Waals surface area contributed by atoms with E-state index in [2.05, 4.69) is 41.0 Å². The van der Waals surface area contributed by atoms with E-state index in [-0.39, 0.29) is 5.91 Å². The molecule has 0 aromatic heterocycles. The fourth-order valence-corrected chi connectivity index (χ4v) is 5.12. The first kappa shape index (κ1) is 22.1. The monoisotopic (exact) mass is 470 g/mol. The van der Waals surface area contributed by atoms with E-state index in [4.69, 9.17) is 14.2 Å². The highest BCUT2D eigenvalue weighted by molar-refractivity contribution is 5.91. The summed E-state index contributed by atoms with van der Waals surface area (Å²) < 4.78 is 18.0. The van der Waals surface area contributed by atoms with Crippen LogP contribution in [0.3, 0.4) is 0 Å². The number of rotatable bonds is 5. The minimum absolute atomic E-state index is 0.0124. The minimum Gasteiger partial charge on any atom is -0.493 e. The second kappa shape index (κ2) is 9.36. The van der Waals surface area contributed by atoms with Gasteiger partial charge in [-0.2, -0.15) is 0 Å². The normalized spacial score (nSPS) is 17.7. The van der Waals surface area contributed by atoms with Crippen molar-refractivity contribution in [1.29, 1.82) is 0 Å². The number of hydrogen-bond donors (Lipinski definition) is 2. The summed E-state index contributed by atoms with van der Waals surface area (Å²) in [7, 11) is 0. The molecule has 1 saturated heterocycles. The highest BCUT2D eigenvalue weighted by Crippen LogP contribution is 2.38. The van der Waals surface area contributed by atoms with Crippen LogP contribution in [0.15, 0.2) is 60.7 Å². The molecule has 35 heavy (non-hydrogen) atoms. The Bertz CT molecular complexity index is 1250. The van der Waals surface area contributed by atoms with Crippen LogP contribution in [-0.2, 0) is 29.0 Å². The van der Waals surface area contributed by atoms with E-state index in [1.54, 1.807) is 0 Å². The lowest BCUT2D eigenvalue weighted by atomic mass is 9.99. The Hall–Kier alpha value is -3.35. The molecule has 0 radical (unpaired) electrons. The van der Waals surface area contributed by atoms with Crippen LogP contribution in [0.5, 0.6) is 11.5 Å². The van der Waals surface area contributed by atoms with Gasteiger partial charge < -0.3 is 24.8 Å². The van der Waals surface area contributed by atoms with Gasteiger partial charge in [-0.05, 0) is 59.0 Å². The van der Waals surface area contributed by atoms with Gasteiger partial charge in [-0.15, -0.1) is 0 Å².